The second-order valence-corrected chi connectivity index (χ2v) is 4.09. The first-order valence-corrected chi connectivity index (χ1v) is 5.73. The molecule has 4 heteroatoms. The van der Waals surface area contributed by atoms with Crippen molar-refractivity contribution in [3.63, 3.8) is 0 Å². The zero-order valence-corrected chi connectivity index (χ0v) is 9.10. The number of hydrogen-bond donors (Lipinski definition) is 1. The van der Waals surface area contributed by atoms with Gasteiger partial charge < -0.3 is 10.1 Å². The molecule has 0 unspecified atom stereocenters. The van der Waals surface area contributed by atoms with E-state index in [0.717, 1.165) is 37.5 Å². The Morgan fingerprint density at radius 2 is 2.19 bits per heavy atom. The molecule has 1 fully saturated rings. The maximum absolute atomic E-state index is 5.97. The summed E-state index contributed by atoms with van der Waals surface area (Å²) < 4.78 is 7.96. The Labute approximate surface area is 94.3 Å². The minimum absolute atomic E-state index is 0.321. The van der Waals surface area contributed by atoms with E-state index in [1.54, 1.807) is 6.20 Å². The van der Waals surface area contributed by atoms with Crippen molar-refractivity contribution < 1.29 is 4.74 Å². The first-order chi connectivity index (χ1) is 7.93. The van der Waals surface area contributed by atoms with Crippen molar-refractivity contribution in [2.24, 2.45) is 0 Å². The van der Waals surface area contributed by atoms with E-state index in [0.29, 0.717) is 6.10 Å². The fraction of sp³-hybridized carbons (Fsp3) is 0.417. The average molecular weight is 217 g/mol. The molecule has 1 N–H and O–H groups in total. The van der Waals surface area contributed by atoms with Crippen LogP contribution in [0.5, 0.6) is 5.88 Å². The molecule has 0 aliphatic carbocycles. The smallest absolute Gasteiger partial charge is 0.218 e. The van der Waals surface area contributed by atoms with Gasteiger partial charge in [-0.3, -0.25) is 4.40 Å². The lowest BCUT2D eigenvalue weighted by Gasteiger charge is -2.23. The standard InChI is InChI=1S/C12H15N3O/c1-2-8-15-11(3-1)14-9-12(15)16-10-4-6-13-7-5-10/h1-3,8-10,13H,4-7H2. The molecular weight excluding hydrogens is 202 g/mol. The number of aromatic nitrogens is 2. The largest absolute Gasteiger partial charge is 0.474 e. The van der Waals surface area contributed by atoms with Gasteiger partial charge in [0.1, 0.15) is 11.8 Å². The zero-order chi connectivity index (χ0) is 10.8. The lowest BCUT2D eigenvalue weighted by molar-refractivity contribution is 0.154. The number of hydrogen-bond acceptors (Lipinski definition) is 3. The van der Waals surface area contributed by atoms with E-state index in [2.05, 4.69) is 10.3 Å². The molecule has 0 atom stereocenters. The molecule has 2 aromatic rings. The van der Waals surface area contributed by atoms with Crippen LogP contribution in [0, 0.1) is 0 Å². The minimum atomic E-state index is 0.321. The summed E-state index contributed by atoms with van der Waals surface area (Å²) in [6.07, 6.45) is 6.25. The summed E-state index contributed by atoms with van der Waals surface area (Å²) in [5.74, 6) is 0.850. The predicted octanol–water partition coefficient (Wildman–Crippen LogP) is 1.47. The van der Waals surface area contributed by atoms with Crippen molar-refractivity contribution in [2.45, 2.75) is 18.9 Å². The number of rotatable bonds is 2. The fourth-order valence-corrected chi connectivity index (χ4v) is 2.08. The molecule has 2 aromatic heterocycles. The zero-order valence-electron chi connectivity index (χ0n) is 9.10. The van der Waals surface area contributed by atoms with Gasteiger partial charge in [0.15, 0.2) is 0 Å². The van der Waals surface area contributed by atoms with Gasteiger partial charge in [-0.05, 0) is 38.1 Å². The highest BCUT2D eigenvalue weighted by Crippen LogP contribution is 2.18. The van der Waals surface area contributed by atoms with Crippen LogP contribution in [0.4, 0.5) is 0 Å². The number of pyridine rings is 1. The molecule has 0 amide bonds. The third-order valence-electron chi connectivity index (χ3n) is 2.96. The second kappa shape index (κ2) is 4.14. The van der Waals surface area contributed by atoms with E-state index >= 15 is 0 Å². The lowest BCUT2D eigenvalue weighted by Crippen LogP contribution is -2.34. The van der Waals surface area contributed by atoms with E-state index in [1.807, 2.05) is 28.8 Å². The van der Waals surface area contributed by atoms with Gasteiger partial charge in [-0.1, -0.05) is 6.07 Å². The first kappa shape index (κ1) is 9.66. The van der Waals surface area contributed by atoms with Gasteiger partial charge in [0.05, 0.1) is 6.20 Å². The third-order valence-corrected chi connectivity index (χ3v) is 2.96. The average Bonchev–Trinajstić information content (AvgIpc) is 2.74. The van der Waals surface area contributed by atoms with Crippen LogP contribution in [-0.2, 0) is 0 Å². The van der Waals surface area contributed by atoms with E-state index in [-0.39, 0.29) is 0 Å². The number of ether oxygens (including phenoxy) is 1. The Hall–Kier alpha value is -1.55. The maximum Gasteiger partial charge on any atom is 0.218 e. The molecule has 0 aromatic carbocycles. The molecular formula is C12H15N3O. The Kier molecular flexibility index (Phi) is 2.50. The van der Waals surface area contributed by atoms with E-state index in [9.17, 15) is 0 Å². The van der Waals surface area contributed by atoms with Crippen LogP contribution in [-0.4, -0.2) is 28.6 Å². The van der Waals surface area contributed by atoms with E-state index in [1.165, 1.54) is 0 Å². The molecule has 1 aliphatic rings. The summed E-state index contributed by atoms with van der Waals surface area (Å²) in [6, 6.07) is 5.95. The Morgan fingerprint density at radius 1 is 1.31 bits per heavy atom. The minimum Gasteiger partial charge on any atom is -0.474 e. The molecule has 16 heavy (non-hydrogen) atoms. The molecule has 84 valence electrons. The van der Waals surface area contributed by atoms with Crippen LogP contribution >= 0.6 is 0 Å². The normalized spacial score (nSPS) is 17.8. The molecule has 3 heterocycles. The summed E-state index contributed by atoms with van der Waals surface area (Å²) in [5.41, 5.74) is 0.937. The highest BCUT2D eigenvalue weighted by Gasteiger charge is 2.16. The summed E-state index contributed by atoms with van der Waals surface area (Å²) in [5, 5.41) is 3.33. The van der Waals surface area contributed by atoms with Crippen LogP contribution in [0.2, 0.25) is 0 Å². The number of piperidine rings is 1. The van der Waals surface area contributed by atoms with Gasteiger partial charge in [0, 0.05) is 6.20 Å². The highest BCUT2D eigenvalue weighted by atomic mass is 16.5. The van der Waals surface area contributed by atoms with Crippen LogP contribution in [0.3, 0.4) is 0 Å². The number of fused-ring (bicyclic) bond motifs is 1. The Morgan fingerprint density at radius 3 is 3.06 bits per heavy atom. The monoisotopic (exact) mass is 217 g/mol. The first-order valence-electron chi connectivity index (χ1n) is 5.73. The van der Waals surface area contributed by atoms with Crippen LogP contribution < -0.4 is 10.1 Å². The quantitative estimate of drug-likeness (QED) is 0.827. The summed E-state index contributed by atoms with van der Waals surface area (Å²) >= 11 is 0. The molecule has 4 nitrogen and oxygen atoms in total. The van der Waals surface area contributed by atoms with Gasteiger partial charge in [0.2, 0.25) is 5.88 Å². The molecule has 0 saturated carbocycles. The topological polar surface area (TPSA) is 38.6 Å². The molecule has 0 bridgehead atoms. The summed E-state index contributed by atoms with van der Waals surface area (Å²) in [7, 11) is 0. The Bertz CT molecular complexity index is 474. The molecule has 1 aliphatic heterocycles. The van der Waals surface area contributed by atoms with E-state index in [4.69, 9.17) is 4.74 Å². The molecule has 0 radical (unpaired) electrons. The van der Waals surface area contributed by atoms with Crippen molar-refractivity contribution in [1.29, 1.82) is 0 Å². The van der Waals surface area contributed by atoms with Crippen LogP contribution in [0.1, 0.15) is 12.8 Å². The van der Waals surface area contributed by atoms with Gasteiger partial charge in [-0.15, -0.1) is 0 Å². The van der Waals surface area contributed by atoms with Crippen molar-refractivity contribution in [3.8, 4) is 5.88 Å². The predicted molar refractivity (Wildman–Crippen MR) is 61.7 cm³/mol. The molecule has 1 saturated heterocycles. The van der Waals surface area contributed by atoms with E-state index < -0.39 is 0 Å². The van der Waals surface area contributed by atoms with Crippen molar-refractivity contribution in [1.82, 2.24) is 14.7 Å². The third kappa shape index (κ3) is 1.76. The Balaban J connectivity index is 1.83. The summed E-state index contributed by atoms with van der Waals surface area (Å²) in [6.45, 7) is 2.09. The van der Waals surface area contributed by atoms with Crippen LogP contribution in [0.15, 0.2) is 30.6 Å². The fourth-order valence-electron chi connectivity index (χ4n) is 2.08. The lowest BCUT2D eigenvalue weighted by atomic mass is 10.1. The molecule has 3 rings (SSSR count). The number of imidazole rings is 1. The molecule has 0 spiro atoms. The van der Waals surface area contributed by atoms with Gasteiger partial charge in [-0.2, -0.15) is 0 Å². The van der Waals surface area contributed by atoms with Crippen molar-refractivity contribution >= 4 is 5.65 Å². The van der Waals surface area contributed by atoms with Crippen LogP contribution in [0.25, 0.3) is 5.65 Å². The summed E-state index contributed by atoms with van der Waals surface area (Å²) in [4.78, 5) is 4.31. The second-order valence-electron chi connectivity index (χ2n) is 4.09. The van der Waals surface area contributed by atoms with Crippen molar-refractivity contribution in [3.05, 3.63) is 30.6 Å². The number of nitrogens with one attached hydrogen (secondary N) is 1. The van der Waals surface area contributed by atoms with Gasteiger partial charge in [0.25, 0.3) is 0 Å². The number of nitrogens with zero attached hydrogens (tertiary/aromatic N) is 2. The SMILES string of the molecule is c1ccn2c(OC3CCNCC3)cnc2c1. The highest BCUT2D eigenvalue weighted by molar-refractivity contribution is 5.41. The van der Waals surface area contributed by atoms with Gasteiger partial charge >= 0.3 is 0 Å². The maximum atomic E-state index is 5.97. The van der Waals surface area contributed by atoms with Gasteiger partial charge in [-0.25, -0.2) is 4.98 Å². The van der Waals surface area contributed by atoms with Crippen molar-refractivity contribution in [2.75, 3.05) is 13.1 Å².